The summed E-state index contributed by atoms with van der Waals surface area (Å²) in [5.41, 5.74) is 0.697. The van der Waals surface area contributed by atoms with Crippen LogP contribution in [0, 0.1) is 0 Å². The zero-order chi connectivity index (χ0) is 18.0. The van der Waals surface area contributed by atoms with Gasteiger partial charge in [0.05, 0.1) is 4.34 Å². The number of fused-ring (bicyclic) bond motifs is 1. The maximum atomic E-state index is 12.3. The molecule has 3 rings (SSSR count). The van der Waals surface area contributed by atoms with Crippen LogP contribution in [0.25, 0.3) is 11.0 Å². The van der Waals surface area contributed by atoms with E-state index in [1.807, 2.05) is 24.3 Å². The molecule has 0 aliphatic carbocycles. The third-order valence-corrected chi connectivity index (χ3v) is 6.92. The summed E-state index contributed by atoms with van der Waals surface area (Å²) in [6.45, 7) is -0.468. The van der Waals surface area contributed by atoms with Gasteiger partial charge in [-0.25, -0.2) is 8.42 Å². The van der Waals surface area contributed by atoms with Crippen LogP contribution in [0.5, 0.6) is 0 Å². The van der Waals surface area contributed by atoms with E-state index in [0.29, 0.717) is 15.7 Å². The van der Waals surface area contributed by atoms with Crippen molar-refractivity contribution in [1.29, 1.82) is 0 Å². The fourth-order valence-electron chi connectivity index (χ4n) is 2.16. The van der Waals surface area contributed by atoms with Crippen LogP contribution in [0.1, 0.15) is 5.76 Å². The Bertz CT molecular complexity index is 975. The lowest BCUT2D eigenvalue weighted by Gasteiger charge is -2.14. The predicted molar refractivity (Wildman–Crippen MR) is 95.2 cm³/mol. The van der Waals surface area contributed by atoms with E-state index in [0.717, 1.165) is 21.0 Å². The Hall–Kier alpha value is -1.87. The second kappa shape index (κ2) is 7.17. The molecule has 0 bridgehead atoms. The summed E-state index contributed by atoms with van der Waals surface area (Å²) in [7, 11) is -2.46. The number of rotatable bonds is 6. The van der Waals surface area contributed by atoms with Gasteiger partial charge in [-0.2, -0.15) is 4.31 Å². The maximum Gasteiger partial charge on any atom is 0.321 e. The van der Waals surface area contributed by atoms with E-state index in [1.54, 1.807) is 6.07 Å². The Labute approximate surface area is 153 Å². The summed E-state index contributed by atoms with van der Waals surface area (Å²) in [4.78, 5) is 11.9. The van der Waals surface area contributed by atoms with Gasteiger partial charge in [0.2, 0.25) is 0 Å². The van der Waals surface area contributed by atoms with Crippen molar-refractivity contribution in [2.45, 2.75) is 10.8 Å². The number of sulfonamides is 1. The Morgan fingerprint density at radius 2 is 2.04 bits per heavy atom. The first-order valence-electron chi connectivity index (χ1n) is 7.21. The molecule has 9 heteroatoms. The minimum Gasteiger partial charge on any atom is -0.457 e. The summed E-state index contributed by atoms with van der Waals surface area (Å²) in [5.74, 6) is -0.181. The average molecular weight is 400 g/mol. The summed E-state index contributed by atoms with van der Waals surface area (Å²) in [5, 5.41) is 0.905. The van der Waals surface area contributed by atoms with Gasteiger partial charge in [0.1, 0.15) is 28.7 Å². The standard InChI is InChI=1S/C16H14ClNO5S2/c1-18(25(20,21)16-7-6-14(17)24-16)9-15(19)22-10-12-8-11-4-2-3-5-13(11)23-12/h2-8H,9-10H2,1H3. The van der Waals surface area contributed by atoms with Crippen LogP contribution in [0.4, 0.5) is 0 Å². The number of carbonyl (C=O) groups excluding carboxylic acids is 1. The average Bonchev–Trinajstić information content (AvgIpc) is 3.18. The van der Waals surface area contributed by atoms with Crippen LogP contribution in [0.3, 0.4) is 0 Å². The molecule has 0 N–H and O–H groups in total. The molecule has 0 radical (unpaired) electrons. The van der Waals surface area contributed by atoms with Crippen molar-refractivity contribution < 1.29 is 22.4 Å². The molecule has 3 aromatic rings. The van der Waals surface area contributed by atoms with Gasteiger partial charge >= 0.3 is 5.97 Å². The second-order valence-electron chi connectivity index (χ2n) is 5.23. The number of halogens is 1. The van der Waals surface area contributed by atoms with Crippen molar-refractivity contribution in [3.63, 3.8) is 0 Å². The first-order chi connectivity index (χ1) is 11.9. The fourth-order valence-corrected chi connectivity index (χ4v) is 4.97. The second-order valence-corrected chi connectivity index (χ2v) is 9.22. The number of esters is 1. The van der Waals surface area contributed by atoms with Crippen molar-refractivity contribution in [3.05, 3.63) is 52.6 Å². The van der Waals surface area contributed by atoms with Crippen molar-refractivity contribution in [1.82, 2.24) is 4.31 Å². The highest BCUT2D eigenvalue weighted by molar-refractivity contribution is 7.91. The molecular formula is C16H14ClNO5S2. The fraction of sp³-hybridized carbons (Fsp3) is 0.188. The molecule has 0 aliphatic rings. The molecule has 0 fully saturated rings. The highest BCUT2D eigenvalue weighted by Gasteiger charge is 2.25. The van der Waals surface area contributed by atoms with Crippen LogP contribution >= 0.6 is 22.9 Å². The van der Waals surface area contributed by atoms with Gasteiger partial charge in [-0.05, 0) is 24.3 Å². The lowest BCUT2D eigenvalue weighted by atomic mass is 10.2. The monoisotopic (exact) mass is 399 g/mol. The van der Waals surface area contributed by atoms with Gasteiger partial charge in [-0.1, -0.05) is 29.8 Å². The minimum absolute atomic E-state index is 0.0633. The Balaban J connectivity index is 1.60. The summed E-state index contributed by atoms with van der Waals surface area (Å²) in [6, 6.07) is 12.1. The quantitative estimate of drug-likeness (QED) is 0.593. The number of hydrogen-bond acceptors (Lipinski definition) is 6. The lowest BCUT2D eigenvalue weighted by Crippen LogP contribution is -2.32. The number of thiophene rings is 1. The molecule has 6 nitrogen and oxygen atoms in total. The third-order valence-electron chi connectivity index (χ3n) is 3.42. The zero-order valence-corrected chi connectivity index (χ0v) is 15.5. The van der Waals surface area contributed by atoms with E-state index in [9.17, 15) is 13.2 Å². The highest BCUT2D eigenvalue weighted by Crippen LogP contribution is 2.27. The molecule has 0 saturated carbocycles. The molecule has 2 aromatic heterocycles. The number of likely N-dealkylation sites (N-methyl/N-ethyl adjacent to an activating group) is 1. The van der Waals surface area contributed by atoms with Gasteiger partial charge in [0, 0.05) is 12.4 Å². The molecule has 0 atom stereocenters. The zero-order valence-electron chi connectivity index (χ0n) is 13.1. The van der Waals surface area contributed by atoms with E-state index in [-0.39, 0.29) is 10.8 Å². The van der Waals surface area contributed by atoms with Crippen LogP contribution in [-0.2, 0) is 26.2 Å². The van der Waals surface area contributed by atoms with Gasteiger partial charge in [-0.3, -0.25) is 4.79 Å². The van der Waals surface area contributed by atoms with E-state index >= 15 is 0 Å². The van der Waals surface area contributed by atoms with Gasteiger partial charge < -0.3 is 9.15 Å². The molecule has 0 aliphatic heterocycles. The Morgan fingerprint density at radius 1 is 1.28 bits per heavy atom. The molecule has 0 spiro atoms. The highest BCUT2D eigenvalue weighted by atomic mass is 35.5. The van der Waals surface area contributed by atoms with E-state index < -0.39 is 22.5 Å². The largest absolute Gasteiger partial charge is 0.457 e. The van der Waals surface area contributed by atoms with Crippen molar-refractivity contribution in [2.75, 3.05) is 13.6 Å². The van der Waals surface area contributed by atoms with Gasteiger partial charge in [-0.15, -0.1) is 11.3 Å². The minimum atomic E-state index is -3.77. The molecule has 1 aromatic carbocycles. The van der Waals surface area contributed by atoms with E-state index in [4.69, 9.17) is 20.8 Å². The van der Waals surface area contributed by atoms with Crippen molar-refractivity contribution >= 4 is 49.9 Å². The topological polar surface area (TPSA) is 76.8 Å². The van der Waals surface area contributed by atoms with Crippen molar-refractivity contribution in [2.24, 2.45) is 0 Å². The number of benzene rings is 1. The molecule has 0 amide bonds. The van der Waals surface area contributed by atoms with Gasteiger partial charge in [0.25, 0.3) is 10.0 Å². The smallest absolute Gasteiger partial charge is 0.321 e. The number of furan rings is 1. The van der Waals surface area contributed by atoms with Crippen LogP contribution in [0.2, 0.25) is 4.34 Å². The molecular weight excluding hydrogens is 386 g/mol. The first-order valence-corrected chi connectivity index (χ1v) is 9.84. The Kier molecular flexibility index (Phi) is 5.14. The maximum absolute atomic E-state index is 12.3. The Morgan fingerprint density at radius 3 is 2.72 bits per heavy atom. The van der Waals surface area contributed by atoms with E-state index in [1.165, 1.54) is 19.2 Å². The summed E-state index contributed by atoms with van der Waals surface area (Å²) >= 11 is 6.69. The first kappa shape index (κ1) is 17.9. The van der Waals surface area contributed by atoms with E-state index in [2.05, 4.69) is 0 Å². The van der Waals surface area contributed by atoms with Crippen LogP contribution in [-0.4, -0.2) is 32.3 Å². The number of para-hydroxylation sites is 1. The number of hydrogen-bond donors (Lipinski definition) is 0. The van der Waals surface area contributed by atoms with Crippen LogP contribution < -0.4 is 0 Å². The molecule has 0 saturated heterocycles. The van der Waals surface area contributed by atoms with Crippen LogP contribution in [0.15, 0.2) is 51.1 Å². The molecule has 0 unspecified atom stereocenters. The normalized spacial score (nSPS) is 12.0. The van der Waals surface area contributed by atoms with Crippen molar-refractivity contribution in [3.8, 4) is 0 Å². The number of ether oxygens (including phenoxy) is 1. The lowest BCUT2D eigenvalue weighted by molar-refractivity contribution is -0.145. The predicted octanol–water partition coefficient (Wildman–Crippen LogP) is 3.51. The summed E-state index contributed by atoms with van der Waals surface area (Å²) < 4.78 is 36.7. The SMILES string of the molecule is CN(CC(=O)OCc1cc2ccccc2o1)S(=O)(=O)c1ccc(Cl)s1. The summed E-state index contributed by atoms with van der Waals surface area (Å²) in [6.07, 6.45) is 0. The molecule has 25 heavy (non-hydrogen) atoms. The molecule has 2 heterocycles. The molecule has 132 valence electrons. The number of carbonyl (C=O) groups is 1. The number of nitrogens with zero attached hydrogens (tertiary/aromatic N) is 1. The third kappa shape index (κ3) is 4.04. The van der Waals surface area contributed by atoms with Gasteiger partial charge in [0.15, 0.2) is 0 Å².